The molecule has 0 bridgehead atoms. The third-order valence-electron chi connectivity index (χ3n) is 5.72. The zero-order valence-corrected chi connectivity index (χ0v) is 18.8. The van der Waals surface area contributed by atoms with Gasteiger partial charge in [-0.05, 0) is 30.0 Å². The van der Waals surface area contributed by atoms with Crippen LogP contribution < -0.4 is 0 Å². The standard InChI is InChI=1S/C27H44O2/c1-2-3-4-5-6-7-8-9-10-11-12-13-14-15-16-17-18-25-19-21-26(22-20-25)23-24-27(28)29/h19-24H,2-18H2,1H3,(H,28,29). The predicted molar refractivity (Wildman–Crippen MR) is 126 cm³/mol. The highest BCUT2D eigenvalue weighted by Crippen LogP contribution is 2.15. The van der Waals surface area contributed by atoms with Crippen molar-refractivity contribution in [1.82, 2.24) is 0 Å². The third kappa shape index (κ3) is 16.0. The normalized spacial score (nSPS) is 11.3. The molecule has 0 aliphatic rings. The lowest BCUT2D eigenvalue weighted by Gasteiger charge is -2.04. The van der Waals surface area contributed by atoms with Gasteiger partial charge in [0.15, 0.2) is 0 Å². The summed E-state index contributed by atoms with van der Waals surface area (Å²) in [5, 5.41) is 8.65. The van der Waals surface area contributed by atoms with Gasteiger partial charge in [0.25, 0.3) is 0 Å². The summed E-state index contributed by atoms with van der Waals surface area (Å²) in [5.74, 6) is -0.901. The molecule has 1 aromatic rings. The largest absolute Gasteiger partial charge is 0.478 e. The van der Waals surface area contributed by atoms with Gasteiger partial charge in [-0.2, -0.15) is 0 Å². The first-order valence-electron chi connectivity index (χ1n) is 12.2. The number of benzene rings is 1. The molecule has 0 radical (unpaired) electrons. The van der Waals surface area contributed by atoms with E-state index in [1.54, 1.807) is 6.08 Å². The molecule has 0 unspecified atom stereocenters. The maximum Gasteiger partial charge on any atom is 0.328 e. The van der Waals surface area contributed by atoms with E-state index in [2.05, 4.69) is 19.1 Å². The van der Waals surface area contributed by atoms with Crippen LogP contribution in [0, 0.1) is 0 Å². The Kier molecular flexibility index (Phi) is 16.2. The van der Waals surface area contributed by atoms with Crippen LogP contribution in [0.3, 0.4) is 0 Å². The summed E-state index contributed by atoms with van der Waals surface area (Å²) in [6.45, 7) is 2.28. The van der Waals surface area contributed by atoms with Gasteiger partial charge in [-0.15, -0.1) is 0 Å². The van der Waals surface area contributed by atoms with E-state index in [1.807, 2.05) is 12.1 Å². The van der Waals surface area contributed by atoms with Gasteiger partial charge in [-0.1, -0.05) is 128 Å². The molecule has 0 aliphatic heterocycles. The Labute approximate surface area is 179 Å². The number of carboxylic acids is 1. The molecule has 1 N–H and O–H groups in total. The fourth-order valence-corrected chi connectivity index (χ4v) is 3.84. The van der Waals surface area contributed by atoms with Gasteiger partial charge >= 0.3 is 5.97 Å². The SMILES string of the molecule is CCCCCCCCCCCCCCCCCCc1ccc(C=CC(=O)O)cc1. The summed E-state index contributed by atoms with van der Waals surface area (Å²) in [6, 6.07) is 8.24. The topological polar surface area (TPSA) is 37.3 Å². The molecule has 0 atom stereocenters. The number of hydrogen-bond acceptors (Lipinski definition) is 1. The second-order valence-corrected chi connectivity index (χ2v) is 8.47. The fourth-order valence-electron chi connectivity index (χ4n) is 3.84. The molecule has 0 fully saturated rings. The minimum atomic E-state index is -0.901. The maximum absolute atomic E-state index is 10.5. The molecule has 0 saturated carbocycles. The van der Waals surface area contributed by atoms with Crippen molar-refractivity contribution in [3.8, 4) is 0 Å². The number of carboxylic acid groups (broad SMARTS) is 1. The van der Waals surface area contributed by atoms with Crippen LogP contribution in [0.1, 0.15) is 121 Å². The lowest BCUT2D eigenvalue weighted by molar-refractivity contribution is -0.131. The van der Waals surface area contributed by atoms with Crippen LogP contribution in [-0.2, 0) is 11.2 Å². The minimum absolute atomic E-state index is 0.901. The van der Waals surface area contributed by atoms with Crippen molar-refractivity contribution in [1.29, 1.82) is 0 Å². The summed E-state index contributed by atoms with van der Waals surface area (Å²) in [7, 11) is 0. The second kappa shape index (κ2) is 18.5. The molecule has 1 rings (SSSR count). The number of carbonyl (C=O) groups is 1. The van der Waals surface area contributed by atoms with E-state index in [4.69, 9.17) is 5.11 Å². The average molecular weight is 401 g/mol. The van der Waals surface area contributed by atoms with E-state index in [0.717, 1.165) is 12.0 Å². The first kappa shape index (κ1) is 25.5. The molecule has 0 heterocycles. The van der Waals surface area contributed by atoms with Gasteiger partial charge in [-0.25, -0.2) is 4.79 Å². The van der Waals surface area contributed by atoms with Crippen LogP contribution in [0.15, 0.2) is 30.3 Å². The molecule has 0 aliphatic carbocycles. The lowest BCUT2D eigenvalue weighted by atomic mass is 10.0. The van der Waals surface area contributed by atoms with Crippen LogP contribution in [0.25, 0.3) is 6.08 Å². The number of aliphatic carboxylic acids is 1. The van der Waals surface area contributed by atoms with Crippen LogP contribution >= 0.6 is 0 Å². The summed E-state index contributed by atoms with van der Waals surface area (Å²) in [6.07, 6.45) is 26.4. The van der Waals surface area contributed by atoms with Crippen molar-refractivity contribution in [2.24, 2.45) is 0 Å². The number of hydrogen-bond donors (Lipinski definition) is 1. The fraction of sp³-hybridized carbons (Fsp3) is 0.667. The Morgan fingerprint density at radius 1 is 0.690 bits per heavy atom. The van der Waals surface area contributed by atoms with Crippen LogP contribution in [0.5, 0.6) is 0 Å². The molecular formula is C27H44O2. The molecule has 2 nitrogen and oxygen atoms in total. The van der Waals surface area contributed by atoms with Crippen molar-refractivity contribution >= 4 is 12.0 Å². The van der Waals surface area contributed by atoms with Crippen LogP contribution in [-0.4, -0.2) is 11.1 Å². The Bertz CT molecular complexity index is 530. The highest BCUT2D eigenvalue weighted by Gasteiger charge is 1.97. The number of unbranched alkanes of at least 4 members (excludes halogenated alkanes) is 15. The highest BCUT2D eigenvalue weighted by atomic mass is 16.4. The summed E-state index contributed by atoms with van der Waals surface area (Å²) in [4.78, 5) is 10.5. The van der Waals surface area contributed by atoms with Gasteiger partial charge in [0.05, 0.1) is 0 Å². The molecule has 1 aromatic carbocycles. The van der Waals surface area contributed by atoms with E-state index < -0.39 is 5.97 Å². The van der Waals surface area contributed by atoms with Gasteiger partial charge < -0.3 is 5.11 Å². The zero-order chi connectivity index (χ0) is 21.0. The average Bonchev–Trinajstić information content (AvgIpc) is 2.72. The Morgan fingerprint density at radius 2 is 1.10 bits per heavy atom. The van der Waals surface area contributed by atoms with Gasteiger partial charge in [0.2, 0.25) is 0 Å². The summed E-state index contributed by atoms with van der Waals surface area (Å²) < 4.78 is 0. The predicted octanol–water partition coefficient (Wildman–Crippen LogP) is 8.59. The lowest BCUT2D eigenvalue weighted by Crippen LogP contribution is -1.88. The Morgan fingerprint density at radius 3 is 1.52 bits per heavy atom. The first-order valence-corrected chi connectivity index (χ1v) is 12.2. The molecule has 0 spiro atoms. The van der Waals surface area contributed by atoms with Gasteiger partial charge in [0, 0.05) is 6.08 Å². The molecule has 0 amide bonds. The maximum atomic E-state index is 10.5. The van der Waals surface area contributed by atoms with Crippen molar-refractivity contribution in [3.05, 3.63) is 41.5 Å². The second-order valence-electron chi connectivity index (χ2n) is 8.47. The minimum Gasteiger partial charge on any atom is -0.478 e. The van der Waals surface area contributed by atoms with Crippen molar-refractivity contribution in [3.63, 3.8) is 0 Å². The highest BCUT2D eigenvalue weighted by molar-refractivity contribution is 5.85. The van der Waals surface area contributed by atoms with Crippen molar-refractivity contribution in [2.75, 3.05) is 0 Å². The van der Waals surface area contributed by atoms with Crippen molar-refractivity contribution < 1.29 is 9.90 Å². The molecule has 2 heteroatoms. The van der Waals surface area contributed by atoms with E-state index >= 15 is 0 Å². The Hall–Kier alpha value is -1.57. The van der Waals surface area contributed by atoms with Crippen molar-refractivity contribution in [2.45, 2.75) is 116 Å². The van der Waals surface area contributed by atoms with Gasteiger partial charge in [0.1, 0.15) is 0 Å². The molecule has 29 heavy (non-hydrogen) atoms. The zero-order valence-electron chi connectivity index (χ0n) is 18.8. The quantitative estimate of drug-likeness (QED) is 0.186. The van der Waals surface area contributed by atoms with Crippen LogP contribution in [0.4, 0.5) is 0 Å². The van der Waals surface area contributed by atoms with Gasteiger partial charge in [-0.3, -0.25) is 0 Å². The van der Waals surface area contributed by atoms with E-state index in [-0.39, 0.29) is 0 Å². The number of rotatable bonds is 19. The molecule has 0 aromatic heterocycles. The first-order chi connectivity index (χ1) is 14.2. The van der Waals surface area contributed by atoms with Crippen LogP contribution in [0.2, 0.25) is 0 Å². The third-order valence-corrected chi connectivity index (χ3v) is 5.72. The van der Waals surface area contributed by atoms with E-state index in [9.17, 15) is 4.79 Å². The summed E-state index contributed by atoms with van der Waals surface area (Å²) in [5.41, 5.74) is 2.30. The summed E-state index contributed by atoms with van der Waals surface area (Å²) >= 11 is 0. The molecule has 164 valence electrons. The Balaban J connectivity index is 1.86. The van der Waals surface area contributed by atoms with E-state index in [0.29, 0.717) is 0 Å². The monoisotopic (exact) mass is 400 g/mol. The smallest absolute Gasteiger partial charge is 0.328 e. The molecule has 0 saturated heterocycles. The van der Waals surface area contributed by atoms with E-state index in [1.165, 1.54) is 114 Å². The number of aryl methyl sites for hydroxylation is 1. The molecular weight excluding hydrogens is 356 g/mol.